The number of rotatable bonds is 1. The zero-order valence-electron chi connectivity index (χ0n) is 10.2. The SMILES string of the molecule is COc1ccc2c(c1)ncc1c(C)c(C)[nH]c12. The minimum absolute atomic E-state index is 0.837. The number of hydrogen-bond donors (Lipinski definition) is 1. The van der Waals surface area contributed by atoms with E-state index in [0.717, 1.165) is 22.2 Å². The highest BCUT2D eigenvalue weighted by Gasteiger charge is 2.08. The van der Waals surface area contributed by atoms with E-state index in [0.29, 0.717) is 0 Å². The molecule has 0 unspecified atom stereocenters. The van der Waals surface area contributed by atoms with Crippen molar-refractivity contribution >= 4 is 21.8 Å². The fourth-order valence-electron chi connectivity index (χ4n) is 2.20. The van der Waals surface area contributed by atoms with E-state index >= 15 is 0 Å². The fraction of sp³-hybridized carbons (Fsp3) is 0.214. The van der Waals surface area contributed by atoms with Gasteiger partial charge in [0.15, 0.2) is 0 Å². The average Bonchev–Trinajstić information content (AvgIpc) is 2.65. The third kappa shape index (κ3) is 1.39. The van der Waals surface area contributed by atoms with Crippen molar-refractivity contribution in [3.63, 3.8) is 0 Å². The largest absolute Gasteiger partial charge is 0.497 e. The van der Waals surface area contributed by atoms with Gasteiger partial charge in [-0.2, -0.15) is 0 Å². The summed E-state index contributed by atoms with van der Waals surface area (Å²) in [6.07, 6.45) is 1.93. The molecule has 1 aromatic carbocycles. The number of ether oxygens (including phenoxy) is 1. The molecule has 0 fully saturated rings. The highest BCUT2D eigenvalue weighted by atomic mass is 16.5. The molecular weight excluding hydrogens is 212 g/mol. The first-order valence-electron chi connectivity index (χ1n) is 5.62. The van der Waals surface area contributed by atoms with E-state index in [4.69, 9.17) is 4.74 Å². The average molecular weight is 226 g/mol. The van der Waals surface area contributed by atoms with Gasteiger partial charge in [0.1, 0.15) is 5.75 Å². The Kier molecular flexibility index (Phi) is 2.08. The molecule has 3 heteroatoms. The maximum absolute atomic E-state index is 5.21. The zero-order chi connectivity index (χ0) is 12.0. The fourth-order valence-corrected chi connectivity index (χ4v) is 2.20. The van der Waals surface area contributed by atoms with Crippen LogP contribution in [0.25, 0.3) is 21.8 Å². The summed E-state index contributed by atoms with van der Waals surface area (Å²) in [5, 5.41) is 2.33. The summed E-state index contributed by atoms with van der Waals surface area (Å²) < 4.78 is 5.21. The van der Waals surface area contributed by atoms with Gasteiger partial charge in [-0.3, -0.25) is 4.98 Å². The second kappa shape index (κ2) is 3.48. The number of H-pyrrole nitrogens is 1. The second-order valence-corrected chi connectivity index (χ2v) is 4.30. The lowest BCUT2D eigenvalue weighted by Gasteiger charge is -2.02. The zero-order valence-corrected chi connectivity index (χ0v) is 10.2. The van der Waals surface area contributed by atoms with Crippen LogP contribution in [0.5, 0.6) is 5.75 Å². The van der Waals surface area contributed by atoms with Gasteiger partial charge in [0.2, 0.25) is 0 Å². The third-order valence-electron chi connectivity index (χ3n) is 3.36. The van der Waals surface area contributed by atoms with E-state index in [2.05, 4.69) is 29.9 Å². The Hall–Kier alpha value is -2.03. The predicted molar refractivity (Wildman–Crippen MR) is 69.6 cm³/mol. The van der Waals surface area contributed by atoms with Gasteiger partial charge in [0, 0.05) is 28.7 Å². The van der Waals surface area contributed by atoms with Gasteiger partial charge in [0.05, 0.1) is 18.1 Å². The van der Waals surface area contributed by atoms with Gasteiger partial charge in [-0.25, -0.2) is 0 Å². The van der Waals surface area contributed by atoms with E-state index in [-0.39, 0.29) is 0 Å². The van der Waals surface area contributed by atoms with Crippen LogP contribution in [0.15, 0.2) is 24.4 Å². The number of nitrogens with zero attached hydrogens (tertiary/aromatic N) is 1. The minimum Gasteiger partial charge on any atom is -0.497 e. The van der Waals surface area contributed by atoms with Gasteiger partial charge < -0.3 is 9.72 Å². The van der Waals surface area contributed by atoms with E-state index in [1.165, 1.54) is 16.6 Å². The molecule has 0 atom stereocenters. The molecule has 3 aromatic rings. The molecule has 1 N–H and O–H groups in total. The van der Waals surface area contributed by atoms with E-state index in [1.807, 2.05) is 18.3 Å². The van der Waals surface area contributed by atoms with Crippen LogP contribution in [0.2, 0.25) is 0 Å². The second-order valence-electron chi connectivity index (χ2n) is 4.30. The van der Waals surface area contributed by atoms with Gasteiger partial charge in [-0.1, -0.05) is 0 Å². The van der Waals surface area contributed by atoms with Crippen molar-refractivity contribution in [1.29, 1.82) is 0 Å². The Balaban J connectivity index is 2.44. The van der Waals surface area contributed by atoms with Crippen molar-refractivity contribution in [2.24, 2.45) is 0 Å². The first kappa shape index (κ1) is 10.1. The van der Waals surface area contributed by atoms with Crippen LogP contribution in [0.1, 0.15) is 11.3 Å². The topological polar surface area (TPSA) is 37.9 Å². The van der Waals surface area contributed by atoms with Crippen molar-refractivity contribution in [3.05, 3.63) is 35.7 Å². The van der Waals surface area contributed by atoms with Crippen LogP contribution in [-0.2, 0) is 0 Å². The number of nitrogens with one attached hydrogen (secondary N) is 1. The normalized spacial score (nSPS) is 11.2. The van der Waals surface area contributed by atoms with Crippen LogP contribution >= 0.6 is 0 Å². The molecule has 0 aliphatic rings. The lowest BCUT2D eigenvalue weighted by atomic mass is 10.1. The van der Waals surface area contributed by atoms with Crippen molar-refractivity contribution in [3.8, 4) is 5.75 Å². The quantitative estimate of drug-likeness (QED) is 0.691. The Labute approximate surface area is 99.4 Å². The van der Waals surface area contributed by atoms with Crippen LogP contribution in [0.3, 0.4) is 0 Å². The highest BCUT2D eigenvalue weighted by Crippen LogP contribution is 2.28. The standard InChI is InChI=1S/C14H14N2O/c1-8-9(2)16-14-11-5-4-10(17-3)6-13(11)15-7-12(8)14/h4-7,16H,1-3H3. The Morgan fingerprint density at radius 1 is 1.18 bits per heavy atom. The summed E-state index contributed by atoms with van der Waals surface area (Å²) >= 11 is 0. The molecule has 86 valence electrons. The van der Waals surface area contributed by atoms with Crippen LogP contribution < -0.4 is 4.74 Å². The van der Waals surface area contributed by atoms with Crippen LogP contribution in [0, 0.1) is 13.8 Å². The molecular formula is C14H14N2O. The number of pyridine rings is 1. The third-order valence-corrected chi connectivity index (χ3v) is 3.36. The molecule has 0 amide bonds. The molecule has 17 heavy (non-hydrogen) atoms. The number of aryl methyl sites for hydroxylation is 2. The maximum Gasteiger partial charge on any atom is 0.121 e. The van der Waals surface area contributed by atoms with Crippen molar-refractivity contribution < 1.29 is 4.74 Å². The molecule has 2 aromatic heterocycles. The number of hydrogen-bond acceptors (Lipinski definition) is 2. The summed E-state index contributed by atoms with van der Waals surface area (Å²) in [4.78, 5) is 7.92. The first-order chi connectivity index (χ1) is 8.20. The summed E-state index contributed by atoms with van der Waals surface area (Å²) in [6.45, 7) is 4.20. The Morgan fingerprint density at radius 3 is 2.76 bits per heavy atom. The number of fused-ring (bicyclic) bond motifs is 3. The summed E-state index contributed by atoms with van der Waals surface area (Å²) in [5.74, 6) is 0.837. The Bertz CT molecular complexity index is 713. The summed E-state index contributed by atoms with van der Waals surface area (Å²) in [5.41, 5.74) is 4.58. The molecule has 3 nitrogen and oxygen atoms in total. The van der Waals surface area contributed by atoms with Gasteiger partial charge in [-0.05, 0) is 31.5 Å². The van der Waals surface area contributed by atoms with E-state index in [9.17, 15) is 0 Å². The highest BCUT2D eigenvalue weighted by molar-refractivity contribution is 6.05. The van der Waals surface area contributed by atoms with Crippen LogP contribution in [0.4, 0.5) is 0 Å². The molecule has 2 heterocycles. The molecule has 0 bridgehead atoms. The molecule has 0 aliphatic carbocycles. The smallest absolute Gasteiger partial charge is 0.121 e. The summed E-state index contributed by atoms with van der Waals surface area (Å²) in [6, 6.07) is 5.98. The van der Waals surface area contributed by atoms with E-state index < -0.39 is 0 Å². The first-order valence-corrected chi connectivity index (χ1v) is 5.62. The van der Waals surface area contributed by atoms with Gasteiger partial charge >= 0.3 is 0 Å². The predicted octanol–water partition coefficient (Wildman–Crippen LogP) is 3.34. The number of aromatic nitrogens is 2. The molecule has 0 aliphatic heterocycles. The molecule has 0 saturated carbocycles. The van der Waals surface area contributed by atoms with E-state index in [1.54, 1.807) is 7.11 Å². The maximum atomic E-state index is 5.21. The number of methoxy groups -OCH3 is 1. The molecule has 0 spiro atoms. The monoisotopic (exact) mass is 226 g/mol. The van der Waals surface area contributed by atoms with Gasteiger partial charge in [-0.15, -0.1) is 0 Å². The van der Waals surface area contributed by atoms with Crippen molar-refractivity contribution in [2.75, 3.05) is 7.11 Å². The minimum atomic E-state index is 0.837. The lowest BCUT2D eigenvalue weighted by Crippen LogP contribution is -1.85. The van der Waals surface area contributed by atoms with Gasteiger partial charge in [0.25, 0.3) is 0 Å². The van der Waals surface area contributed by atoms with Crippen LogP contribution in [-0.4, -0.2) is 17.1 Å². The number of aromatic amines is 1. The molecule has 0 radical (unpaired) electrons. The Morgan fingerprint density at radius 2 is 2.00 bits per heavy atom. The van der Waals surface area contributed by atoms with Crippen molar-refractivity contribution in [1.82, 2.24) is 9.97 Å². The lowest BCUT2D eigenvalue weighted by molar-refractivity contribution is 0.415. The molecule has 3 rings (SSSR count). The molecule has 0 saturated heterocycles. The van der Waals surface area contributed by atoms with Crippen molar-refractivity contribution in [2.45, 2.75) is 13.8 Å². The summed E-state index contributed by atoms with van der Waals surface area (Å²) in [7, 11) is 1.67. The number of benzene rings is 1.